The fourth-order valence-corrected chi connectivity index (χ4v) is 4.93. The van der Waals surface area contributed by atoms with Gasteiger partial charge in [0.1, 0.15) is 29.5 Å². The van der Waals surface area contributed by atoms with Crippen molar-refractivity contribution >= 4 is 11.6 Å². The minimum absolute atomic E-state index is 0.0825. The van der Waals surface area contributed by atoms with Gasteiger partial charge in [-0.2, -0.15) is 0 Å². The lowest BCUT2D eigenvalue weighted by atomic mass is 9.84. The molecule has 7 heteroatoms. The number of anilines is 1. The molecule has 1 fully saturated rings. The van der Waals surface area contributed by atoms with Gasteiger partial charge < -0.3 is 29.5 Å². The number of para-hydroxylation sites is 1. The molecule has 0 spiro atoms. The van der Waals surface area contributed by atoms with Crippen LogP contribution in [0.5, 0.6) is 17.2 Å². The van der Waals surface area contributed by atoms with Crippen molar-refractivity contribution in [3.63, 3.8) is 0 Å². The third kappa shape index (κ3) is 5.32. The van der Waals surface area contributed by atoms with Crippen molar-refractivity contribution in [2.45, 2.75) is 43.6 Å². The lowest BCUT2D eigenvalue weighted by Crippen LogP contribution is -2.47. The Balaban J connectivity index is 1.17. The van der Waals surface area contributed by atoms with Gasteiger partial charge in [0.15, 0.2) is 0 Å². The average molecular weight is 489 g/mol. The second kappa shape index (κ2) is 10.6. The van der Waals surface area contributed by atoms with Crippen molar-refractivity contribution < 1.29 is 24.1 Å². The fourth-order valence-electron chi connectivity index (χ4n) is 4.93. The summed E-state index contributed by atoms with van der Waals surface area (Å²) in [6, 6.07) is 23.4. The molecule has 3 aromatic rings. The summed E-state index contributed by atoms with van der Waals surface area (Å²) in [6.45, 7) is 0.274. The molecule has 0 aromatic heterocycles. The van der Waals surface area contributed by atoms with Crippen molar-refractivity contribution in [3.8, 4) is 17.2 Å². The van der Waals surface area contributed by atoms with E-state index in [1.54, 1.807) is 0 Å². The number of benzene rings is 3. The lowest BCUT2D eigenvalue weighted by Gasteiger charge is -2.37. The van der Waals surface area contributed by atoms with Gasteiger partial charge in [-0.25, -0.2) is 0 Å². The summed E-state index contributed by atoms with van der Waals surface area (Å²) < 4.78 is 18.1. The molecule has 0 saturated carbocycles. The van der Waals surface area contributed by atoms with Crippen LogP contribution in [0.3, 0.4) is 0 Å². The zero-order chi connectivity index (χ0) is 25.1. The summed E-state index contributed by atoms with van der Waals surface area (Å²) in [5.41, 5.74) is 3.20. The number of carbonyl (C=O) groups is 1. The van der Waals surface area contributed by atoms with Gasteiger partial charge in [-0.3, -0.25) is 4.79 Å². The van der Waals surface area contributed by atoms with Crippen molar-refractivity contribution in [1.82, 2.24) is 5.32 Å². The number of nitrogens with one attached hydrogen (secondary N) is 1. The van der Waals surface area contributed by atoms with Crippen molar-refractivity contribution in [2.75, 3.05) is 25.6 Å². The Labute approximate surface area is 211 Å². The van der Waals surface area contributed by atoms with Crippen LogP contribution in [0.4, 0.5) is 5.69 Å². The van der Waals surface area contributed by atoms with E-state index in [4.69, 9.17) is 14.2 Å². The highest BCUT2D eigenvalue weighted by atomic mass is 16.6. The number of hydrogen-bond donors (Lipinski definition) is 2. The maximum absolute atomic E-state index is 12.8. The molecule has 1 saturated heterocycles. The highest BCUT2D eigenvalue weighted by Crippen LogP contribution is 2.47. The van der Waals surface area contributed by atoms with Gasteiger partial charge in [-0.15, -0.1) is 0 Å². The molecule has 36 heavy (non-hydrogen) atoms. The zero-order valence-electron chi connectivity index (χ0n) is 20.6. The Morgan fingerprint density at radius 2 is 1.81 bits per heavy atom. The molecule has 2 aliphatic rings. The van der Waals surface area contributed by atoms with E-state index < -0.39 is 6.10 Å². The number of nitrogens with zero attached hydrogens (tertiary/aromatic N) is 1. The molecule has 5 rings (SSSR count). The second-order valence-corrected chi connectivity index (χ2v) is 9.56. The molecule has 2 aliphatic heterocycles. The first-order valence-electron chi connectivity index (χ1n) is 12.3. The van der Waals surface area contributed by atoms with Crippen LogP contribution in [0.25, 0.3) is 0 Å². The monoisotopic (exact) mass is 488 g/mol. The molecule has 2 heterocycles. The van der Waals surface area contributed by atoms with Crippen LogP contribution in [-0.4, -0.2) is 50.0 Å². The predicted molar refractivity (Wildman–Crippen MR) is 138 cm³/mol. The second-order valence-electron chi connectivity index (χ2n) is 9.56. The number of rotatable bonds is 8. The number of aliphatic hydroxyl groups excluding tert-OH is 1. The van der Waals surface area contributed by atoms with Gasteiger partial charge in [0, 0.05) is 37.8 Å². The highest BCUT2D eigenvalue weighted by Gasteiger charge is 2.46. The van der Waals surface area contributed by atoms with Gasteiger partial charge in [-0.05, 0) is 54.4 Å². The first-order valence-corrected chi connectivity index (χ1v) is 12.3. The minimum atomic E-state index is -0.464. The molecular formula is C29H32N2O5. The molecule has 0 aliphatic carbocycles. The van der Waals surface area contributed by atoms with Crippen molar-refractivity contribution in [2.24, 2.45) is 0 Å². The van der Waals surface area contributed by atoms with E-state index in [0.29, 0.717) is 13.0 Å². The van der Waals surface area contributed by atoms with Crippen LogP contribution in [0.1, 0.15) is 29.9 Å². The van der Waals surface area contributed by atoms with E-state index in [2.05, 4.69) is 16.3 Å². The number of aliphatic hydroxyl groups is 1. The van der Waals surface area contributed by atoms with E-state index >= 15 is 0 Å². The number of carbonyl (C=O) groups excluding carboxylic acids is 1. The summed E-state index contributed by atoms with van der Waals surface area (Å²) in [4.78, 5) is 14.8. The van der Waals surface area contributed by atoms with Crippen molar-refractivity contribution in [1.29, 1.82) is 0 Å². The Morgan fingerprint density at radius 1 is 1.06 bits per heavy atom. The molecule has 1 amide bonds. The normalized spacial score (nSPS) is 22.2. The SMILES string of the molecule is CN(C)c1ccc2c(c1)[C@@H]1C[C@@H](CC(=O)NCc3ccc(Oc4ccccc4)cc3)O[C@@H](CO)[C@@H]1O2. The quantitative estimate of drug-likeness (QED) is 0.494. The maximum atomic E-state index is 12.8. The van der Waals surface area contributed by atoms with Gasteiger partial charge >= 0.3 is 0 Å². The summed E-state index contributed by atoms with van der Waals surface area (Å²) in [5.74, 6) is 2.36. The van der Waals surface area contributed by atoms with Gasteiger partial charge in [0.05, 0.1) is 19.1 Å². The third-order valence-corrected chi connectivity index (χ3v) is 6.80. The molecule has 0 radical (unpaired) electrons. The molecular weight excluding hydrogens is 456 g/mol. The number of fused-ring (bicyclic) bond motifs is 3. The number of hydrogen-bond acceptors (Lipinski definition) is 6. The largest absolute Gasteiger partial charge is 0.487 e. The lowest BCUT2D eigenvalue weighted by molar-refractivity contribution is -0.142. The Hall–Kier alpha value is -3.55. The van der Waals surface area contributed by atoms with E-state index in [0.717, 1.165) is 34.1 Å². The summed E-state index contributed by atoms with van der Waals surface area (Å²) in [5, 5.41) is 12.9. The third-order valence-electron chi connectivity index (χ3n) is 6.80. The van der Waals surface area contributed by atoms with Crippen LogP contribution >= 0.6 is 0 Å². The Kier molecular flexibility index (Phi) is 7.11. The fraction of sp³-hybridized carbons (Fsp3) is 0.345. The van der Waals surface area contributed by atoms with Gasteiger partial charge in [0.25, 0.3) is 0 Å². The molecule has 7 nitrogen and oxygen atoms in total. The first kappa shape index (κ1) is 24.2. The average Bonchev–Trinajstić information content (AvgIpc) is 3.26. The van der Waals surface area contributed by atoms with Crippen LogP contribution in [-0.2, 0) is 16.1 Å². The summed E-state index contributed by atoms with van der Waals surface area (Å²) in [7, 11) is 4.01. The van der Waals surface area contributed by atoms with Crippen LogP contribution in [0.2, 0.25) is 0 Å². The van der Waals surface area contributed by atoms with Crippen LogP contribution < -0.4 is 19.7 Å². The van der Waals surface area contributed by atoms with Gasteiger partial charge in [-0.1, -0.05) is 30.3 Å². The van der Waals surface area contributed by atoms with Crippen LogP contribution in [0, 0.1) is 0 Å². The maximum Gasteiger partial charge on any atom is 0.222 e. The van der Waals surface area contributed by atoms with E-state index in [1.165, 1.54) is 0 Å². The van der Waals surface area contributed by atoms with E-state index in [-0.39, 0.29) is 37.1 Å². The number of amides is 1. The van der Waals surface area contributed by atoms with Crippen molar-refractivity contribution in [3.05, 3.63) is 83.9 Å². The molecule has 0 bridgehead atoms. The first-order chi connectivity index (χ1) is 17.5. The molecule has 3 aromatic carbocycles. The molecule has 0 unspecified atom stereocenters. The van der Waals surface area contributed by atoms with Crippen LogP contribution in [0.15, 0.2) is 72.8 Å². The Bertz CT molecular complexity index is 1180. The molecule has 2 N–H and O–H groups in total. The predicted octanol–water partition coefficient (Wildman–Crippen LogP) is 4.25. The topological polar surface area (TPSA) is 80.3 Å². The number of ether oxygens (including phenoxy) is 3. The van der Waals surface area contributed by atoms with Gasteiger partial charge in [0.2, 0.25) is 5.91 Å². The summed E-state index contributed by atoms with van der Waals surface area (Å²) >= 11 is 0. The molecule has 4 atom stereocenters. The highest BCUT2D eigenvalue weighted by molar-refractivity contribution is 5.76. The standard InChI is InChI=1S/C29H32N2O5/c1-31(2)20-10-13-26-24(14-20)25-15-23(35-27(18-32)29(25)36-26)16-28(33)30-17-19-8-11-22(12-9-19)34-21-6-4-3-5-7-21/h3-14,23,25,27,29,32H,15-18H2,1-2H3,(H,30,33)/t23-,25-,27-,29+/m0/s1. The smallest absolute Gasteiger partial charge is 0.222 e. The minimum Gasteiger partial charge on any atom is -0.487 e. The van der Waals surface area contributed by atoms with E-state index in [1.807, 2.05) is 80.8 Å². The zero-order valence-corrected chi connectivity index (χ0v) is 20.6. The Morgan fingerprint density at radius 3 is 2.53 bits per heavy atom. The molecule has 188 valence electrons. The summed E-state index contributed by atoms with van der Waals surface area (Å²) in [6.07, 6.45) is -0.0865. The van der Waals surface area contributed by atoms with E-state index in [9.17, 15) is 9.90 Å².